The van der Waals surface area contributed by atoms with E-state index < -0.39 is 10.0 Å². The highest BCUT2D eigenvalue weighted by Gasteiger charge is 2.15. The van der Waals surface area contributed by atoms with E-state index in [0.717, 1.165) is 11.4 Å². The molecule has 0 aliphatic carbocycles. The Morgan fingerprint density at radius 1 is 1.17 bits per heavy atom. The highest BCUT2D eigenvalue weighted by atomic mass is 32.2. The summed E-state index contributed by atoms with van der Waals surface area (Å²) in [6, 6.07) is 6.43. The van der Waals surface area contributed by atoms with Gasteiger partial charge in [0, 0.05) is 24.2 Å². The lowest BCUT2D eigenvalue weighted by molar-refractivity contribution is 0.600. The topological polar surface area (TPSA) is 103 Å². The van der Waals surface area contributed by atoms with Crippen molar-refractivity contribution >= 4 is 15.8 Å². The molecule has 0 radical (unpaired) electrons. The third-order valence-electron chi connectivity index (χ3n) is 3.06. The van der Waals surface area contributed by atoms with Crippen LogP contribution in [0.5, 0.6) is 0 Å². The van der Waals surface area contributed by atoms with Gasteiger partial charge in [0.05, 0.1) is 5.69 Å². The van der Waals surface area contributed by atoms with Gasteiger partial charge in [0.2, 0.25) is 0 Å². The summed E-state index contributed by atoms with van der Waals surface area (Å²) in [5.41, 5.74) is 1.74. The van der Waals surface area contributed by atoms with Crippen molar-refractivity contribution in [1.29, 1.82) is 0 Å². The van der Waals surface area contributed by atoms with Gasteiger partial charge in [-0.25, -0.2) is 23.1 Å². The van der Waals surface area contributed by atoms with Crippen molar-refractivity contribution < 1.29 is 8.42 Å². The van der Waals surface area contributed by atoms with Crippen molar-refractivity contribution in [1.82, 2.24) is 24.7 Å². The molecule has 8 nitrogen and oxygen atoms in total. The molecule has 0 aliphatic rings. The molecule has 3 heterocycles. The second-order valence-electron chi connectivity index (χ2n) is 4.89. The molecule has 0 unspecified atom stereocenters. The van der Waals surface area contributed by atoms with E-state index in [-0.39, 0.29) is 10.7 Å². The van der Waals surface area contributed by atoms with E-state index in [2.05, 4.69) is 24.8 Å². The monoisotopic (exact) mass is 330 g/mol. The van der Waals surface area contributed by atoms with Gasteiger partial charge in [-0.1, -0.05) is 0 Å². The number of nitrogens with one attached hydrogen (secondary N) is 1. The summed E-state index contributed by atoms with van der Waals surface area (Å²) in [5, 5.41) is 4.32. The summed E-state index contributed by atoms with van der Waals surface area (Å²) in [7, 11) is -3.75. The fraction of sp³-hybridized carbons (Fsp3) is 0.143. The van der Waals surface area contributed by atoms with E-state index >= 15 is 0 Å². The van der Waals surface area contributed by atoms with Crippen LogP contribution < -0.4 is 4.72 Å². The largest absolute Gasteiger partial charge is 0.264 e. The first kappa shape index (κ1) is 15.1. The van der Waals surface area contributed by atoms with Crippen molar-refractivity contribution in [2.24, 2.45) is 0 Å². The lowest BCUT2D eigenvalue weighted by Gasteiger charge is -2.08. The van der Waals surface area contributed by atoms with Crippen molar-refractivity contribution in [3.8, 4) is 5.82 Å². The number of anilines is 1. The molecule has 0 fully saturated rings. The Labute approximate surface area is 133 Å². The molecule has 9 heteroatoms. The third kappa shape index (κ3) is 3.19. The van der Waals surface area contributed by atoms with Crippen LogP contribution in [0.25, 0.3) is 5.82 Å². The Morgan fingerprint density at radius 2 is 2.00 bits per heavy atom. The Balaban J connectivity index is 1.93. The van der Waals surface area contributed by atoms with Crippen LogP contribution in [0.1, 0.15) is 11.4 Å². The van der Waals surface area contributed by atoms with E-state index in [1.54, 1.807) is 10.7 Å². The summed E-state index contributed by atoms with van der Waals surface area (Å²) in [6.07, 6.45) is 4.06. The summed E-state index contributed by atoms with van der Waals surface area (Å²) in [6.45, 7) is 3.76. The molecule has 0 spiro atoms. The van der Waals surface area contributed by atoms with Gasteiger partial charge in [-0.15, -0.1) is 0 Å². The van der Waals surface area contributed by atoms with Crippen LogP contribution in [0.2, 0.25) is 0 Å². The first-order valence-electron chi connectivity index (χ1n) is 6.74. The van der Waals surface area contributed by atoms with Gasteiger partial charge in [-0.05, 0) is 32.0 Å². The first-order chi connectivity index (χ1) is 11.0. The van der Waals surface area contributed by atoms with Crippen LogP contribution in [-0.2, 0) is 10.0 Å². The molecule has 0 aromatic carbocycles. The Bertz CT molecular complexity index is 937. The molecule has 0 amide bonds. The average Bonchev–Trinajstić information content (AvgIpc) is 2.87. The van der Waals surface area contributed by atoms with E-state index in [1.807, 2.05) is 19.9 Å². The molecule has 23 heavy (non-hydrogen) atoms. The fourth-order valence-electron chi connectivity index (χ4n) is 2.08. The highest BCUT2D eigenvalue weighted by Crippen LogP contribution is 2.16. The summed E-state index contributed by atoms with van der Waals surface area (Å²) >= 11 is 0. The second-order valence-corrected chi connectivity index (χ2v) is 6.58. The smallest absolute Gasteiger partial charge is 0.263 e. The number of nitrogens with zero attached hydrogens (tertiary/aromatic N) is 5. The van der Waals surface area contributed by atoms with Crippen molar-refractivity contribution in [2.45, 2.75) is 18.7 Å². The van der Waals surface area contributed by atoms with Crippen LogP contribution in [0.4, 0.5) is 5.82 Å². The number of hydrogen-bond donors (Lipinski definition) is 1. The minimum Gasteiger partial charge on any atom is -0.263 e. The zero-order valence-electron chi connectivity index (χ0n) is 12.5. The molecule has 0 atom stereocenters. The second kappa shape index (κ2) is 5.76. The van der Waals surface area contributed by atoms with Gasteiger partial charge in [0.15, 0.2) is 5.82 Å². The van der Waals surface area contributed by atoms with Crippen LogP contribution >= 0.6 is 0 Å². The predicted octanol–water partition coefficient (Wildman–Crippen LogP) is 1.47. The zero-order valence-corrected chi connectivity index (χ0v) is 13.3. The van der Waals surface area contributed by atoms with Crippen LogP contribution in [0.3, 0.4) is 0 Å². The minimum absolute atomic E-state index is 0.0614. The Kier molecular flexibility index (Phi) is 3.78. The molecule has 0 saturated heterocycles. The van der Waals surface area contributed by atoms with Crippen LogP contribution in [-0.4, -0.2) is 33.2 Å². The number of sulfonamides is 1. The quantitative estimate of drug-likeness (QED) is 0.777. The fourth-order valence-corrected chi connectivity index (χ4v) is 3.04. The molecular formula is C14H14N6O2S. The number of aryl methyl sites for hydroxylation is 2. The summed E-state index contributed by atoms with van der Waals surface area (Å²) in [4.78, 5) is 11.9. The highest BCUT2D eigenvalue weighted by molar-refractivity contribution is 7.92. The average molecular weight is 330 g/mol. The van der Waals surface area contributed by atoms with E-state index in [4.69, 9.17) is 0 Å². The Morgan fingerprint density at radius 3 is 2.65 bits per heavy atom. The molecule has 3 rings (SSSR count). The zero-order chi connectivity index (χ0) is 16.4. The number of aromatic nitrogens is 5. The maximum Gasteiger partial charge on any atom is 0.264 e. The number of rotatable bonds is 4. The first-order valence-corrected chi connectivity index (χ1v) is 8.22. The minimum atomic E-state index is -3.75. The molecule has 1 N–H and O–H groups in total. The van der Waals surface area contributed by atoms with E-state index in [9.17, 15) is 8.42 Å². The van der Waals surface area contributed by atoms with Gasteiger partial charge in [-0.3, -0.25) is 9.71 Å². The number of pyridine rings is 1. The lowest BCUT2D eigenvalue weighted by Crippen LogP contribution is -2.15. The van der Waals surface area contributed by atoms with Crippen molar-refractivity contribution in [3.63, 3.8) is 0 Å². The molecule has 0 aliphatic heterocycles. The normalized spacial score (nSPS) is 11.4. The predicted molar refractivity (Wildman–Crippen MR) is 83.7 cm³/mol. The SMILES string of the molecule is Cc1cc(C)n(-c2cc(NS(=O)(=O)c3cccnc3)ncn2)n1. The van der Waals surface area contributed by atoms with Gasteiger partial charge in [-0.2, -0.15) is 5.10 Å². The van der Waals surface area contributed by atoms with Gasteiger partial charge >= 0.3 is 0 Å². The van der Waals surface area contributed by atoms with E-state index in [0.29, 0.717) is 5.82 Å². The van der Waals surface area contributed by atoms with Gasteiger partial charge in [0.25, 0.3) is 10.0 Å². The molecule has 118 valence electrons. The maximum atomic E-state index is 12.3. The van der Waals surface area contributed by atoms with Crippen LogP contribution in [0.15, 0.2) is 47.9 Å². The maximum absolute atomic E-state index is 12.3. The van der Waals surface area contributed by atoms with Crippen LogP contribution in [0, 0.1) is 13.8 Å². The van der Waals surface area contributed by atoms with Crippen molar-refractivity contribution in [2.75, 3.05) is 4.72 Å². The summed E-state index contributed by atoms with van der Waals surface area (Å²) < 4.78 is 28.6. The standard InChI is InChI=1S/C14H14N6O2S/c1-10-6-11(2)20(18-10)14-7-13(16-9-17-14)19-23(21,22)12-4-3-5-15-8-12/h3-9H,1-2H3,(H,16,17,19). The molecular weight excluding hydrogens is 316 g/mol. The summed E-state index contributed by atoms with van der Waals surface area (Å²) in [5.74, 6) is 0.640. The van der Waals surface area contributed by atoms with Gasteiger partial charge in [0.1, 0.15) is 17.0 Å². The molecule has 3 aromatic heterocycles. The lowest BCUT2D eigenvalue weighted by atomic mass is 10.4. The number of hydrogen-bond acceptors (Lipinski definition) is 6. The molecule has 0 bridgehead atoms. The van der Waals surface area contributed by atoms with Crippen molar-refractivity contribution in [3.05, 3.63) is 54.4 Å². The third-order valence-corrected chi connectivity index (χ3v) is 4.40. The molecule has 0 saturated carbocycles. The molecule has 3 aromatic rings. The van der Waals surface area contributed by atoms with Gasteiger partial charge < -0.3 is 0 Å². The Hall–Kier alpha value is -2.81. The van der Waals surface area contributed by atoms with E-state index in [1.165, 1.54) is 30.9 Å².